The average Bonchev–Trinajstić information content (AvgIpc) is 3.26. The van der Waals surface area contributed by atoms with Gasteiger partial charge in [0.15, 0.2) is 5.82 Å². The second-order valence-electron chi connectivity index (χ2n) is 8.03. The highest BCUT2D eigenvalue weighted by molar-refractivity contribution is 5.89. The molecule has 0 spiro atoms. The van der Waals surface area contributed by atoms with Gasteiger partial charge in [-0.1, -0.05) is 11.2 Å². The molecule has 4 rings (SSSR count). The van der Waals surface area contributed by atoms with Crippen molar-refractivity contribution in [3.8, 4) is 11.5 Å². The van der Waals surface area contributed by atoms with Crippen LogP contribution in [0, 0.1) is 0 Å². The first-order chi connectivity index (χ1) is 13.3. The van der Waals surface area contributed by atoms with E-state index in [-0.39, 0.29) is 17.7 Å². The molecular formula is C19H23N5O4. The fourth-order valence-electron chi connectivity index (χ4n) is 3.43. The number of aromatic nitrogens is 4. The van der Waals surface area contributed by atoms with Crippen molar-refractivity contribution in [1.29, 1.82) is 0 Å². The molecule has 0 bridgehead atoms. The van der Waals surface area contributed by atoms with Crippen LogP contribution in [0.1, 0.15) is 45.4 Å². The van der Waals surface area contributed by atoms with Crippen molar-refractivity contribution in [2.24, 2.45) is 0 Å². The Kier molecular flexibility index (Phi) is 4.44. The summed E-state index contributed by atoms with van der Waals surface area (Å²) in [5.41, 5.74) is 1.14. The molecule has 9 heteroatoms. The molecular weight excluding hydrogens is 362 g/mol. The number of carbonyl (C=O) groups is 1. The Balaban J connectivity index is 1.55. The quantitative estimate of drug-likeness (QED) is 0.700. The third-order valence-electron chi connectivity index (χ3n) is 4.66. The van der Waals surface area contributed by atoms with Gasteiger partial charge in [0.25, 0.3) is 5.89 Å². The van der Waals surface area contributed by atoms with E-state index in [4.69, 9.17) is 9.26 Å². The maximum atomic E-state index is 12.4. The summed E-state index contributed by atoms with van der Waals surface area (Å²) >= 11 is 0. The SMILES string of the molecule is CC(C)(C)OC(=O)N1CCCC(c2noc(-c3cccc4[nH]c(=O)[nH]c34)n2)C1. The van der Waals surface area contributed by atoms with E-state index in [0.717, 1.165) is 12.8 Å². The smallest absolute Gasteiger partial charge is 0.410 e. The number of carbonyl (C=O) groups excluding carboxylic acids is 1. The largest absolute Gasteiger partial charge is 0.444 e. The summed E-state index contributed by atoms with van der Waals surface area (Å²) in [5, 5.41) is 4.13. The second kappa shape index (κ2) is 6.81. The minimum absolute atomic E-state index is 0.0248. The van der Waals surface area contributed by atoms with Gasteiger partial charge in [-0.05, 0) is 45.7 Å². The van der Waals surface area contributed by atoms with E-state index in [1.54, 1.807) is 11.0 Å². The van der Waals surface area contributed by atoms with E-state index < -0.39 is 5.60 Å². The standard InChI is InChI=1S/C19H23N5O4/c1-19(2,3)27-18(26)24-9-5-6-11(10-24)15-22-16(28-23-15)12-7-4-8-13-14(12)21-17(25)20-13/h4,7-8,11H,5-6,9-10H2,1-3H3,(H2,20,21,25). The number of piperidine rings is 1. The molecule has 3 heterocycles. The Morgan fingerprint density at radius 2 is 2.14 bits per heavy atom. The zero-order chi connectivity index (χ0) is 19.9. The molecule has 1 aromatic carbocycles. The second-order valence-corrected chi connectivity index (χ2v) is 8.03. The highest BCUT2D eigenvalue weighted by atomic mass is 16.6. The average molecular weight is 385 g/mol. The molecule has 2 N–H and O–H groups in total. The summed E-state index contributed by atoms with van der Waals surface area (Å²) in [6.07, 6.45) is 1.38. The van der Waals surface area contributed by atoms with Crippen LogP contribution in [-0.2, 0) is 4.74 Å². The number of benzene rings is 1. The van der Waals surface area contributed by atoms with Crippen LogP contribution >= 0.6 is 0 Å². The lowest BCUT2D eigenvalue weighted by Gasteiger charge is -2.32. The first kappa shape index (κ1) is 18.3. The molecule has 1 saturated heterocycles. The minimum Gasteiger partial charge on any atom is -0.444 e. The van der Waals surface area contributed by atoms with Gasteiger partial charge in [0, 0.05) is 19.0 Å². The number of fused-ring (bicyclic) bond motifs is 1. The van der Waals surface area contributed by atoms with Crippen LogP contribution in [0.2, 0.25) is 0 Å². The Morgan fingerprint density at radius 3 is 2.93 bits per heavy atom. The summed E-state index contributed by atoms with van der Waals surface area (Å²) < 4.78 is 10.9. The van der Waals surface area contributed by atoms with Crippen molar-refractivity contribution in [3.05, 3.63) is 34.5 Å². The van der Waals surface area contributed by atoms with E-state index in [2.05, 4.69) is 20.1 Å². The molecule has 0 aliphatic carbocycles. The predicted molar refractivity (Wildman–Crippen MR) is 102 cm³/mol. The maximum Gasteiger partial charge on any atom is 0.410 e. The number of amides is 1. The maximum absolute atomic E-state index is 12.4. The van der Waals surface area contributed by atoms with Crippen LogP contribution in [0.3, 0.4) is 0 Å². The van der Waals surface area contributed by atoms with Gasteiger partial charge in [-0.15, -0.1) is 0 Å². The van der Waals surface area contributed by atoms with Gasteiger partial charge in [-0.3, -0.25) is 0 Å². The highest BCUT2D eigenvalue weighted by Crippen LogP contribution is 2.29. The molecule has 2 aromatic heterocycles. The van der Waals surface area contributed by atoms with Crippen LogP contribution < -0.4 is 5.69 Å². The van der Waals surface area contributed by atoms with E-state index in [0.29, 0.717) is 41.4 Å². The molecule has 3 aromatic rings. The third kappa shape index (κ3) is 3.64. The molecule has 0 radical (unpaired) electrons. The Labute approximate surface area is 161 Å². The van der Waals surface area contributed by atoms with E-state index in [1.807, 2.05) is 32.9 Å². The first-order valence-corrected chi connectivity index (χ1v) is 9.33. The van der Waals surface area contributed by atoms with Crippen LogP contribution in [0.15, 0.2) is 27.5 Å². The molecule has 1 amide bonds. The monoisotopic (exact) mass is 385 g/mol. The topological polar surface area (TPSA) is 117 Å². The molecule has 1 atom stereocenters. The molecule has 1 aliphatic heterocycles. The van der Waals surface area contributed by atoms with Crippen LogP contribution in [0.4, 0.5) is 4.79 Å². The molecule has 148 valence electrons. The van der Waals surface area contributed by atoms with E-state index >= 15 is 0 Å². The van der Waals surface area contributed by atoms with Crippen molar-refractivity contribution < 1.29 is 14.1 Å². The summed E-state index contributed by atoms with van der Waals surface area (Å²) in [4.78, 5) is 35.7. The lowest BCUT2D eigenvalue weighted by atomic mass is 9.98. The van der Waals surface area contributed by atoms with Gasteiger partial charge in [0.05, 0.1) is 16.6 Å². The van der Waals surface area contributed by atoms with Gasteiger partial charge < -0.3 is 24.1 Å². The first-order valence-electron chi connectivity index (χ1n) is 9.33. The molecule has 1 aliphatic rings. The number of nitrogens with one attached hydrogen (secondary N) is 2. The number of H-pyrrole nitrogens is 2. The van der Waals surface area contributed by atoms with E-state index in [9.17, 15) is 9.59 Å². The van der Waals surface area contributed by atoms with Gasteiger partial charge >= 0.3 is 11.8 Å². The minimum atomic E-state index is -0.532. The normalized spacial score (nSPS) is 17.8. The summed E-state index contributed by atoms with van der Waals surface area (Å²) in [7, 11) is 0. The van der Waals surface area contributed by atoms with Crippen LogP contribution in [-0.4, -0.2) is 49.8 Å². The molecule has 1 unspecified atom stereocenters. The van der Waals surface area contributed by atoms with Crippen molar-refractivity contribution in [3.63, 3.8) is 0 Å². The lowest BCUT2D eigenvalue weighted by Crippen LogP contribution is -2.42. The number of imidazole rings is 1. The number of para-hydroxylation sites is 1. The van der Waals surface area contributed by atoms with Crippen molar-refractivity contribution in [2.45, 2.75) is 45.1 Å². The zero-order valence-electron chi connectivity index (χ0n) is 16.1. The van der Waals surface area contributed by atoms with Gasteiger partial charge in [-0.2, -0.15) is 4.98 Å². The molecule has 1 fully saturated rings. The summed E-state index contributed by atoms with van der Waals surface area (Å²) in [6.45, 7) is 6.69. The predicted octanol–water partition coefficient (Wildman–Crippen LogP) is 3.02. The number of likely N-dealkylation sites (tertiary alicyclic amines) is 1. The number of aromatic amines is 2. The number of nitrogens with zero attached hydrogens (tertiary/aromatic N) is 3. The lowest BCUT2D eigenvalue weighted by molar-refractivity contribution is 0.0195. The highest BCUT2D eigenvalue weighted by Gasteiger charge is 2.31. The number of rotatable bonds is 2. The zero-order valence-corrected chi connectivity index (χ0v) is 16.1. The van der Waals surface area contributed by atoms with Crippen LogP contribution in [0.25, 0.3) is 22.5 Å². The molecule has 28 heavy (non-hydrogen) atoms. The Bertz CT molecular complexity index is 1060. The number of hydrogen-bond donors (Lipinski definition) is 2. The number of ether oxygens (including phenoxy) is 1. The van der Waals surface area contributed by atoms with Gasteiger partial charge in [0.1, 0.15) is 5.60 Å². The van der Waals surface area contributed by atoms with Gasteiger partial charge in [-0.25, -0.2) is 9.59 Å². The summed E-state index contributed by atoms with van der Waals surface area (Å²) in [6, 6.07) is 5.43. The summed E-state index contributed by atoms with van der Waals surface area (Å²) in [5.74, 6) is 0.867. The van der Waals surface area contributed by atoms with Crippen LogP contribution in [0.5, 0.6) is 0 Å². The number of hydrogen-bond acceptors (Lipinski definition) is 6. The molecule has 0 saturated carbocycles. The van der Waals surface area contributed by atoms with Crippen molar-refractivity contribution in [1.82, 2.24) is 25.0 Å². The Hall–Kier alpha value is -3.10. The third-order valence-corrected chi connectivity index (χ3v) is 4.66. The van der Waals surface area contributed by atoms with Crippen molar-refractivity contribution in [2.75, 3.05) is 13.1 Å². The molecule has 9 nitrogen and oxygen atoms in total. The van der Waals surface area contributed by atoms with Crippen molar-refractivity contribution >= 4 is 17.1 Å². The van der Waals surface area contributed by atoms with Gasteiger partial charge in [0.2, 0.25) is 0 Å². The fraction of sp³-hybridized carbons (Fsp3) is 0.474. The van der Waals surface area contributed by atoms with E-state index in [1.165, 1.54) is 0 Å². The fourth-order valence-corrected chi connectivity index (χ4v) is 3.43. The Morgan fingerprint density at radius 1 is 1.32 bits per heavy atom.